The molecule has 1 aromatic carbocycles. The van der Waals surface area contributed by atoms with Crippen molar-refractivity contribution < 1.29 is 23.1 Å². The van der Waals surface area contributed by atoms with Crippen molar-refractivity contribution in [3.8, 4) is 0 Å². The van der Waals surface area contributed by atoms with Gasteiger partial charge in [-0.15, -0.1) is 0 Å². The number of rotatable bonds is 3. The van der Waals surface area contributed by atoms with E-state index < -0.39 is 17.8 Å². The quantitative estimate of drug-likeness (QED) is 0.781. The number of hydrogen-bond donors (Lipinski definition) is 3. The standard InChI is InChI=1S/C11H13F3N2O2/c1-7-2-3-8(11(12,13)14)6-9(7)16-10(18)15-4-5-17/h2-3,6,17H,4-5H2,1H3,(H2,15,16,18). The number of aliphatic hydroxyl groups is 1. The number of carbonyl (C=O) groups excluding carboxylic acids is 1. The van der Waals surface area contributed by atoms with Gasteiger partial charge in [0.15, 0.2) is 0 Å². The van der Waals surface area contributed by atoms with Crippen LogP contribution in [0, 0.1) is 6.92 Å². The number of halogens is 3. The third kappa shape index (κ3) is 3.92. The van der Waals surface area contributed by atoms with Gasteiger partial charge in [-0.2, -0.15) is 13.2 Å². The predicted molar refractivity (Wildman–Crippen MR) is 60.3 cm³/mol. The van der Waals surface area contributed by atoms with Gasteiger partial charge in [0.25, 0.3) is 0 Å². The molecule has 7 heteroatoms. The molecule has 0 heterocycles. The topological polar surface area (TPSA) is 61.4 Å². The Balaban J connectivity index is 2.85. The van der Waals surface area contributed by atoms with Gasteiger partial charge in [0.2, 0.25) is 0 Å². The van der Waals surface area contributed by atoms with E-state index in [0.29, 0.717) is 5.56 Å². The first-order valence-electron chi connectivity index (χ1n) is 5.18. The number of nitrogens with one attached hydrogen (secondary N) is 2. The Hall–Kier alpha value is -1.76. The Morgan fingerprint density at radius 1 is 1.39 bits per heavy atom. The normalized spacial score (nSPS) is 11.2. The van der Waals surface area contributed by atoms with E-state index in [1.807, 2.05) is 0 Å². The molecular weight excluding hydrogens is 249 g/mol. The molecule has 1 rings (SSSR count). The first-order valence-corrected chi connectivity index (χ1v) is 5.18. The van der Waals surface area contributed by atoms with Crippen LogP contribution in [0.25, 0.3) is 0 Å². The zero-order valence-corrected chi connectivity index (χ0v) is 9.64. The maximum atomic E-state index is 12.5. The van der Waals surface area contributed by atoms with Crippen LogP contribution in [0.2, 0.25) is 0 Å². The lowest BCUT2D eigenvalue weighted by molar-refractivity contribution is -0.137. The van der Waals surface area contributed by atoms with Crippen molar-refractivity contribution in [2.75, 3.05) is 18.5 Å². The molecule has 0 bridgehead atoms. The van der Waals surface area contributed by atoms with Crippen LogP contribution in [0.4, 0.5) is 23.7 Å². The number of anilines is 1. The molecule has 0 aliphatic rings. The molecule has 0 unspecified atom stereocenters. The van der Waals surface area contributed by atoms with Crippen LogP contribution in [0.15, 0.2) is 18.2 Å². The second-order valence-electron chi connectivity index (χ2n) is 3.63. The monoisotopic (exact) mass is 262 g/mol. The minimum Gasteiger partial charge on any atom is -0.395 e. The van der Waals surface area contributed by atoms with Crippen LogP contribution in [0.1, 0.15) is 11.1 Å². The van der Waals surface area contributed by atoms with Gasteiger partial charge in [-0.25, -0.2) is 4.79 Å². The van der Waals surface area contributed by atoms with Gasteiger partial charge in [-0.3, -0.25) is 0 Å². The van der Waals surface area contributed by atoms with Crippen LogP contribution < -0.4 is 10.6 Å². The Morgan fingerprint density at radius 3 is 2.61 bits per heavy atom. The fraction of sp³-hybridized carbons (Fsp3) is 0.364. The Bertz CT molecular complexity index is 433. The summed E-state index contributed by atoms with van der Waals surface area (Å²) in [7, 11) is 0. The molecule has 0 spiro atoms. The maximum absolute atomic E-state index is 12.5. The lowest BCUT2D eigenvalue weighted by atomic mass is 10.1. The summed E-state index contributed by atoms with van der Waals surface area (Å²) in [6, 6.07) is 2.44. The highest BCUT2D eigenvalue weighted by atomic mass is 19.4. The molecule has 0 saturated heterocycles. The molecule has 4 nitrogen and oxygen atoms in total. The minimum absolute atomic E-state index is 0.0316. The van der Waals surface area contributed by atoms with Gasteiger partial charge in [-0.05, 0) is 24.6 Å². The molecule has 18 heavy (non-hydrogen) atoms. The van der Waals surface area contributed by atoms with Gasteiger partial charge in [0, 0.05) is 12.2 Å². The summed E-state index contributed by atoms with van der Waals surface area (Å²) in [6.07, 6.45) is -4.45. The zero-order valence-electron chi connectivity index (χ0n) is 9.64. The molecule has 0 atom stereocenters. The Morgan fingerprint density at radius 2 is 2.06 bits per heavy atom. The summed E-state index contributed by atoms with van der Waals surface area (Å²) in [4.78, 5) is 11.3. The van der Waals surface area contributed by atoms with E-state index in [4.69, 9.17) is 5.11 Å². The number of carbonyl (C=O) groups is 1. The highest BCUT2D eigenvalue weighted by Gasteiger charge is 2.30. The van der Waals surface area contributed by atoms with E-state index in [1.165, 1.54) is 6.07 Å². The molecule has 1 aromatic rings. The maximum Gasteiger partial charge on any atom is 0.416 e. The smallest absolute Gasteiger partial charge is 0.395 e. The molecule has 0 aliphatic heterocycles. The Labute approximate surface area is 102 Å². The van der Waals surface area contributed by atoms with Crippen molar-refractivity contribution in [3.05, 3.63) is 29.3 Å². The van der Waals surface area contributed by atoms with Gasteiger partial charge in [-0.1, -0.05) is 6.07 Å². The fourth-order valence-electron chi connectivity index (χ4n) is 1.27. The second-order valence-corrected chi connectivity index (χ2v) is 3.63. The highest BCUT2D eigenvalue weighted by Crippen LogP contribution is 2.31. The predicted octanol–water partition coefficient (Wildman–Crippen LogP) is 2.13. The van der Waals surface area contributed by atoms with Crippen LogP contribution in [-0.2, 0) is 6.18 Å². The molecule has 0 radical (unpaired) electrons. The van der Waals surface area contributed by atoms with E-state index in [1.54, 1.807) is 6.92 Å². The average molecular weight is 262 g/mol. The summed E-state index contributed by atoms with van der Waals surface area (Å²) in [5, 5.41) is 13.1. The molecule has 0 aromatic heterocycles. The van der Waals surface area contributed by atoms with Crippen molar-refractivity contribution >= 4 is 11.7 Å². The van der Waals surface area contributed by atoms with Gasteiger partial charge < -0.3 is 15.7 Å². The summed E-state index contributed by atoms with van der Waals surface area (Å²) < 4.78 is 37.4. The number of amides is 2. The number of aryl methyl sites for hydroxylation is 1. The van der Waals surface area contributed by atoms with Crippen molar-refractivity contribution in [1.82, 2.24) is 5.32 Å². The van der Waals surface area contributed by atoms with E-state index in [9.17, 15) is 18.0 Å². The van der Waals surface area contributed by atoms with Gasteiger partial charge >= 0.3 is 12.2 Å². The molecular formula is C11H13F3N2O2. The molecule has 0 aliphatic carbocycles. The summed E-state index contributed by atoms with van der Waals surface area (Å²) in [6.45, 7) is 1.38. The minimum atomic E-state index is -4.45. The second kappa shape index (κ2) is 5.72. The molecule has 3 N–H and O–H groups in total. The van der Waals surface area contributed by atoms with Crippen LogP contribution in [0.5, 0.6) is 0 Å². The summed E-state index contributed by atoms with van der Waals surface area (Å²) in [5.41, 5.74) is -0.229. The van der Waals surface area contributed by atoms with E-state index in [-0.39, 0.29) is 18.8 Å². The first kappa shape index (κ1) is 14.3. The van der Waals surface area contributed by atoms with E-state index in [0.717, 1.165) is 12.1 Å². The number of benzene rings is 1. The third-order valence-electron chi connectivity index (χ3n) is 2.21. The van der Waals surface area contributed by atoms with Crippen molar-refractivity contribution in [1.29, 1.82) is 0 Å². The number of alkyl halides is 3. The van der Waals surface area contributed by atoms with Crippen molar-refractivity contribution in [3.63, 3.8) is 0 Å². The Kier molecular flexibility index (Phi) is 4.55. The average Bonchev–Trinajstić information content (AvgIpc) is 2.28. The third-order valence-corrected chi connectivity index (χ3v) is 2.21. The first-order chi connectivity index (χ1) is 8.34. The van der Waals surface area contributed by atoms with Crippen LogP contribution >= 0.6 is 0 Å². The van der Waals surface area contributed by atoms with E-state index >= 15 is 0 Å². The summed E-state index contributed by atoms with van der Waals surface area (Å²) in [5.74, 6) is 0. The van der Waals surface area contributed by atoms with Gasteiger partial charge in [0.05, 0.1) is 12.2 Å². The molecule has 100 valence electrons. The van der Waals surface area contributed by atoms with E-state index in [2.05, 4.69) is 10.6 Å². The highest BCUT2D eigenvalue weighted by molar-refractivity contribution is 5.90. The van der Waals surface area contributed by atoms with Crippen LogP contribution in [0.3, 0.4) is 0 Å². The lowest BCUT2D eigenvalue weighted by Crippen LogP contribution is -2.31. The fourth-order valence-corrected chi connectivity index (χ4v) is 1.27. The molecule has 0 fully saturated rings. The number of aliphatic hydroxyl groups excluding tert-OH is 1. The van der Waals surface area contributed by atoms with Gasteiger partial charge in [0.1, 0.15) is 0 Å². The van der Waals surface area contributed by atoms with Crippen LogP contribution in [-0.4, -0.2) is 24.3 Å². The largest absolute Gasteiger partial charge is 0.416 e. The number of hydrogen-bond acceptors (Lipinski definition) is 2. The SMILES string of the molecule is Cc1ccc(C(F)(F)F)cc1NC(=O)NCCO. The lowest BCUT2D eigenvalue weighted by Gasteiger charge is -2.12. The number of urea groups is 1. The molecule has 2 amide bonds. The molecule has 0 saturated carbocycles. The van der Waals surface area contributed by atoms with Crippen molar-refractivity contribution in [2.45, 2.75) is 13.1 Å². The zero-order chi connectivity index (χ0) is 13.8. The van der Waals surface area contributed by atoms with Crippen molar-refractivity contribution in [2.24, 2.45) is 0 Å². The summed E-state index contributed by atoms with van der Waals surface area (Å²) >= 11 is 0.